The predicted molar refractivity (Wildman–Crippen MR) is 70.9 cm³/mol. The minimum Gasteiger partial charge on any atom is -0.381 e. The highest BCUT2D eigenvalue weighted by molar-refractivity contribution is 5.00. The van der Waals surface area contributed by atoms with E-state index in [2.05, 4.69) is 4.90 Å². The first-order chi connectivity index (χ1) is 9.38. The number of ether oxygens (including phenoxy) is 3. The molecule has 3 heterocycles. The lowest BCUT2D eigenvalue weighted by Crippen LogP contribution is -2.62. The summed E-state index contributed by atoms with van der Waals surface area (Å²) in [6.45, 7) is 5.81. The third kappa shape index (κ3) is 2.04. The van der Waals surface area contributed by atoms with Gasteiger partial charge in [0.25, 0.3) is 0 Å². The van der Waals surface area contributed by atoms with Gasteiger partial charge in [-0.25, -0.2) is 0 Å². The Morgan fingerprint density at radius 1 is 0.789 bits per heavy atom. The summed E-state index contributed by atoms with van der Waals surface area (Å²) in [5.41, 5.74) is 0. The zero-order valence-electron chi connectivity index (χ0n) is 11.7. The number of nitrogens with zero attached hydrogens (tertiary/aromatic N) is 1. The van der Waals surface area contributed by atoms with Crippen LogP contribution in [-0.4, -0.2) is 56.2 Å². The van der Waals surface area contributed by atoms with Crippen LogP contribution in [-0.2, 0) is 14.2 Å². The molecule has 0 amide bonds. The Balaban J connectivity index is 1.51. The van der Waals surface area contributed by atoms with Gasteiger partial charge in [-0.1, -0.05) is 6.42 Å². The van der Waals surface area contributed by atoms with Crippen LogP contribution in [0.15, 0.2) is 0 Å². The molecule has 19 heavy (non-hydrogen) atoms. The molecule has 3 saturated heterocycles. The van der Waals surface area contributed by atoms with Gasteiger partial charge in [0.15, 0.2) is 5.79 Å². The minimum atomic E-state index is -0.208. The standard InChI is InChI=1S/C15H25NO3/c1-2-12-10-16(14-4-6-17-7-5-14)11-13(3-1)15(12)18-8-9-19-15/h12-14H,1-11H2/t12-,13+. The van der Waals surface area contributed by atoms with Crippen LogP contribution in [0.25, 0.3) is 0 Å². The van der Waals surface area contributed by atoms with E-state index >= 15 is 0 Å². The Labute approximate surface area is 115 Å². The van der Waals surface area contributed by atoms with E-state index in [0.29, 0.717) is 11.8 Å². The average molecular weight is 267 g/mol. The van der Waals surface area contributed by atoms with E-state index in [0.717, 1.165) is 32.5 Å². The zero-order valence-corrected chi connectivity index (χ0v) is 11.7. The van der Waals surface area contributed by atoms with Crippen molar-refractivity contribution < 1.29 is 14.2 Å². The molecule has 4 rings (SSSR count). The quantitative estimate of drug-likeness (QED) is 0.723. The number of piperidine rings is 1. The highest BCUT2D eigenvalue weighted by Crippen LogP contribution is 2.48. The summed E-state index contributed by atoms with van der Waals surface area (Å²) in [7, 11) is 0. The van der Waals surface area contributed by atoms with E-state index in [1.807, 2.05) is 0 Å². The van der Waals surface area contributed by atoms with Gasteiger partial charge in [-0.05, 0) is 25.7 Å². The maximum Gasteiger partial charge on any atom is 0.176 e. The summed E-state index contributed by atoms with van der Waals surface area (Å²) in [5.74, 6) is 0.968. The van der Waals surface area contributed by atoms with Gasteiger partial charge in [0.1, 0.15) is 0 Å². The second-order valence-electron chi connectivity index (χ2n) is 6.54. The fraction of sp³-hybridized carbons (Fsp3) is 1.00. The molecular formula is C15H25NO3. The van der Waals surface area contributed by atoms with Gasteiger partial charge in [-0.15, -0.1) is 0 Å². The van der Waals surface area contributed by atoms with E-state index in [1.165, 1.54) is 45.2 Å². The van der Waals surface area contributed by atoms with Crippen LogP contribution in [0.3, 0.4) is 0 Å². The summed E-state index contributed by atoms with van der Waals surface area (Å²) in [4.78, 5) is 2.72. The van der Waals surface area contributed by atoms with Crippen LogP contribution in [0.5, 0.6) is 0 Å². The highest BCUT2D eigenvalue weighted by atomic mass is 16.7. The summed E-state index contributed by atoms with van der Waals surface area (Å²) in [6, 6.07) is 0.732. The van der Waals surface area contributed by atoms with Crippen LogP contribution < -0.4 is 0 Å². The van der Waals surface area contributed by atoms with Crippen LogP contribution in [0.2, 0.25) is 0 Å². The molecule has 4 aliphatic rings. The van der Waals surface area contributed by atoms with Crippen molar-refractivity contribution in [1.82, 2.24) is 4.90 Å². The van der Waals surface area contributed by atoms with Gasteiger partial charge in [-0.2, -0.15) is 0 Å². The number of rotatable bonds is 1. The predicted octanol–water partition coefficient (Wildman–Crippen LogP) is 1.64. The topological polar surface area (TPSA) is 30.9 Å². The van der Waals surface area contributed by atoms with Crippen molar-refractivity contribution in [2.75, 3.05) is 39.5 Å². The van der Waals surface area contributed by atoms with Crippen molar-refractivity contribution in [2.45, 2.75) is 43.9 Å². The fourth-order valence-electron chi connectivity index (χ4n) is 4.69. The maximum absolute atomic E-state index is 6.11. The molecule has 0 N–H and O–H groups in total. The van der Waals surface area contributed by atoms with Crippen LogP contribution in [0, 0.1) is 11.8 Å². The zero-order chi connectivity index (χ0) is 12.7. The van der Waals surface area contributed by atoms with Gasteiger partial charge in [0.2, 0.25) is 0 Å². The van der Waals surface area contributed by atoms with Gasteiger partial charge in [0.05, 0.1) is 13.2 Å². The molecule has 1 saturated carbocycles. The molecule has 0 aromatic rings. The number of hydrogen-bond acceptors (Lipinski definition) is 4. The van der Waals surface area contributed by atoms with E-state index < -0.39 is 0 Å². The van der Waals surface area contributed by atoms with E-state index in [4.69, 9.17) is 14.2 Å². The monoisotopic (exact) mass is 267 g/mol. The van der Waals surface area contributed by atoms with Crippen LogP contribution in [0.1, 0.15) is 32.1 Å². The van der Waals surface area contributed by atoms with Crippen molar-refractivity contribution >= 4 is 0 Å². The third-order valence-electron chi connectivity index (χ3n) is 5.60. The third-order valence-corrected chi connectivity index (χ3v) is 5.60. The molecule has 1 aliphatic carbocycles. The van der Waals surface area contributed by atoms with Crippen LogP contribution in [0.4, 0.5) is 0 Å². The lowest BCUT2D eigenvalue weighted by Gasteiger charge is -2.54. The molecule has 2 atom stereocenters. The SMILES string of the molecule is C1C[C@@H]2CN(C3CCOCC3)C[C@H](C1)C21OCCO1. The minimum absolute atomic E-state index is 0.208. The summed E-state index contributed by atoms with van der Waals surface area (Å²) < 4.78 is 17.7. The largest absolute Gasteiger partial charge is 0.381 e. The molecule has 0 aromatic heterocycles. The molecule has 1 spiro atoms. The van der Waals surface area contributed by atoms with E-state index in [-0.39, 0.29) is 5.79 Å². The molecule has 0 unspecified atom stereocenters. The summed E-state index contributed by atoms with van der Waals surface area (Å²) in [5, 5.41) is 0. The molecule has 0 radical (unpaired) electrons. The molecule has 2 bridgehead atoms. The Morgan fingerprint density at radius 3 is 2.05 bits per heavy atom. The second kappa shape index (κ2) is 4.99. The second-order valence-corrected chi connectivity index (χ2v) is 6.54. The summed E-state index contributed by atoms with van der Waals surface area (Å²) >= 11 is 0. The first-order valence-electron chi connectivity index (χ1n) is 7.98. The Morgan fingerprint density at radius 2 is 1.42 bits per heavy atom. The van der Waals surface area contributed by atoms with Crippen molar-refractivity contribution in [3.63, 3.8) is 0 Å². The lowest BCUT2D eigenvalue weighted by atomic mass is 9.71. The Bertz CT molecular complexity index is 307. The van der Waals surface area contributed by atoms with Crippen molar-refractivity contribution in [3.8, 4) is 0 Å². The van der Waals surface area contributed by atoms with Gasteiger partial charge >= 0.3 is 0 Å². The highest BCUT2D eigenvalue weighted by Gasteiger charge is 2.56. The first-order valence-corrected chi connectivity index (χ1v) is 7.98. The molecule has 4 heteroatoms. The average Bonchev–Trinajstić information content (AvgIpc) is 2.89. The molecule has 3 aliphatic heterocycles. The van der Waals surface area contributed by atoms with Gasteiger partial charge in [-0.3, -0.25) is 4.90 Å². The molecule has 0 aromatic carbocycles. The smallest absolute Gasteiger partial charge is 0.176 e. The Kier molecular flexibility index (Phi) is 3.30. The summed E-state index contributed by atoms with van der Waals surface area (Å²) in [6.07, 6.45) is 6.31. The first kappa shape index (κ1) is 12.6. The number of likely N-dealkylation sites (tertiary alicyclic amines) is 1. The maximum atomic E-state index is 6.11. The molecule has 108 valence electrons. The van der Waals surface area contributed by atoms with E-state index in [1.54, 1.807) is 0 Å². The molecule has 4 nitrogen and oxygen atoms in total. The van der Waals surface area contributed by atoms with Crippen LogP contribution >= 0.6 is 0 Å². The van der Waals surface area contributed by atoms with Crippen molar-refractivity contribution in [3.05, 3.63) is 0 Å². The number of hydrogen-bond donors (Lipinski definition) is 0. The molecule has 4 fully saturated rings. The van der Waals surface area contributed by atoms with E-state index in [9.17, 15) is 0 Å². The van der Waals surface area contributed by atoms with Gasteiger partial charge < -0.3 is 14.2 Å². The normalized spacial score (nSPS) is 39.8. The lowest BCUT2D eigenvalue weighted by molar-refractivity contribution is -0.272. The van der Waals surface area contributed by atoms with Crippen molar-refractivity contribution in [1.29, 1.82) is 0 Å². The fourth-order valence-corrected chi connectivity index (χ4v) is 4.69. The molecular weight excluding hydrogens is 242 g/mol. The Hall–Kier alpha value is -0.160. The van der Waals surface area contributed by atoms with Crippen molar-refractivity contribution in [2.24, 2.45) is 11.8 Å². The van der Waals surface area contributed by atoms with Gasteiger partial charge in [0, 0.05) is 44.2 Å².